The van der Waals surface area contributed by atoms with E-state index in [1.165, 1.54) is 6.08 Å². The van der Waals surface area contributed by atoms with Gasteiger partial charge in [0.1, 0.15) is 11.6 Å². The highest BCUT2D eigenvalue weighted by Crippen LogP contribution is 2.26. The summed E-state index contributed by atoms with van der Waals surface area (Å²) in [6, 6.07) is 20.0. The Morgan fingerprint density at radius 3 is 2.61 bits per heavy atom. The molecule has 8 heteroatoms. The molecule has 0 radical (unpaired) electrons. The largest absolute Gasteiger partial charge is 0.508 e. The third-order valence-electron chi connectivity index (χ3n) is 5.97. The van der Waals surface area contributed by atoms with E-state index in [0.717, 1.165) is 16.7 Å². The smallest absolute Gasteiger partial charge is 0.255 e. The van der Waals surface area contributed by atoms with E-state index in [0.29, 0.717) is 28.3 Å². The third-order valence-corrected chi connectivity index (χ3v) is 5.97. The minimum Gasteiger partial charge on any atom is -0.508 e. The number of nitrogens with one attached hydrogen (secondary N) is 3. The summed E-state index contributed by atoms with van der Waals surface area (Å²) in [6.07, 6.45) is 4.44. The molecule has 0 saturated carbocycles. The average molecular weight is 508 g/mol. The second-order valence-corrected chi connectivity index (χ2v) is 8.87. The Kier molecular flexibility index (Phi) is 8.13. The van der Waals surface area contributed by atoms with E-state index in [9.17, 15) is 14.7 Å². The van der Waals surface area contributed by atoms with E-state index < -0.39 is 0 Å². The van der Waals surface area contributed by atoms with Crippen LogP contribution in [-0.4, -0.2) is 26.9 Å². The van der Waals surface area contributed by atoms with Gasteiger partial charge < -0.3 is 21.1 Å². The summed E-state index contributed by atoms with van der Waals surface area (Å²) in [5, 5.41) is 19.1. The second kappa shape index (κ2) is 11.8. The van der Waals surface area contributed by atoms with Gasteiger partial charge in [0.25, 0.3) is 5.91 Å². The summed E-state index contributed by atoms with van der Waals surface area (Å²) in [4.78, 5) is 33.1. The van der Waals surface area contributed by atoms with Gasteiger partial charge in [-0.2, -0.15) is 0 Å². The van der Waals surface area contributed by atoms with Crippen molar-refractivity contribution in [2.75, 3.05) is 10.6 Å². The standard InChI is InChI=1S/C30H29N5O3/c1-4-29(37)32-16-24-14-23(12-13-27(24)36)26-17-31-18-28(35-26)33-20(3)22-6-5-7-25(15-22)34-30(38)21-10-8-19(2)9-11-21/h4-15,17-18,20,36H,1,16H2,2-3H3,(H,32,37)(H,33,35)(H,34,38). The fourth-order valence-electron chi connectivity index (χ4n) is 3.81. The van der Waals surface area contributed by atoms with Crippen molar-refractivity contribution in [1.82, 2.24) is 15.3 Å². The third kappa shape index (κ3) is 6.61. The lowest BCUT2D eigenvalue weighted by molar-refractivity contribution is -0.116. The first kappa shape index (κ1) is 26.1. The number of phenols is 1. The lowest BCUT2D eigenvalue weighted by atomic mass is 10.1. The lowest BCUT2D eigenvalue weighted by Gasteiger charge is -2.17. The van der Waals surface area contributed by atoms with Crippen molar-refractivity contribution in [2.24, 2.45) is 0 Å². The predicted molar refractivity (Wildman–Crippen MR) is 149 cm³/mol. The Morgan fingerprint density at radius 2 is 1.84 bits per heavy atom. The van der Waals surface area contributed by atoms with Crippen molar-refractivity contribution in [2.45, 2.75) is 26.4 Å². The molecule has 1 unspecified atom stereocenters. The number of nitrogens with zero attached hydrogens (tertiary/aromatic N) is 2. The zero-order chi connectivity index (χ0) is 27.1. The molecule has 0 aliphatic rings. The van der Waals surface area contributed by atoms with E-state index in [4.69, 9.17) is 0 Å². The zero-order valence-electron chi connectivity index (χ0n) is 21.2. The number of hydrogen-bond donors (Lipinski definition) is 4. The number of carbonyl (C=O) groups is 2. The first-order valence-electron chi connectivity index (χ1n) is 12.1. The lowest BCUT2D eigenvalue weighted by Crippen LogP contribution is -2.20. The molecule has 4 rings (SSSR count). The number of aromatic hydroxyl groups is 1. The summed E-state index contributed by atoms with van der Waals surface area (Å²) in [5.41, 5.74) is 5.26. The van der Waals surface area contributed by atoms with Gasteiger partial charge in [-0.05, 0) is 68.0 Å². The molecule has 1 atom stereocenters. The average Bonchev–Trinajstić information content (AvgIpc) is 2.93. The molecular formula is C30H29N5O3. The van der Waals surface area contributed by atoms with Crippen LogP contribution < -0.4 is 16.0 Å². The van der Waals surface area contributed by atoms with Gasteiger partial charge >= 0.3 is 0 Å². The van der Waals surface area contributed by atoms with E-state index in [-0.39, 0.29) is 30.2 Å². The van der Waals surface area contributed by atoms with Gasteiger partial charge in [0.2, 0.25) is 5.91 Å². The number of carbonyl (C=O) groups excluding carboxylic acids is 2. The number of anilines is 2. The van der Waals surface area contributed by atoms with Crippen molar-refractivity contribution in [3.8, 4) is 17.0 Å². The van der Waals surface area contributed by atoms with Crippen molar-refractivity contribution < 1.29 is 14.7 Å². The number of aryl methyl sites for hydroxylation is 1. The topological polar surface area (TPSA) is 116 Å². The number of rotatable bonds is 9. The Morgan fingerprint density at radius 1 is 1.05 bits per heavy atom. The number of aromatic nitrogens is 2. The van der Waals surface area contributed by atoms with Gasteiger partial charge in [-0.15, -0.1) is 0 Å². The van der Waals surface area contributed by atoms with Crippen LogP contribution >= 0.6 is 0 Å². The van der Waals surface area contributed by atoms with Crippen LogP contribution in [0.4, 0.5) is 11.5 Å². The molecule has 4 aromatic rings. The van der Waals surface area contributed by atoms with E-state index in [1.807, 2.05) is 50.2 Å². The number of amides is 2. The van der Waals surface area contributed by atoms with Crippen LogP contribution in [-0.2, 0) is 11.3 Å². The molecule has 1 aromatic heterocycles. The quantitative estimate of drug-likeness (QED) is 0.226. The zero-order valence-corrected chi connectivity index (χ0v) is 21.2. The maximum Gasteiger partial charge on any atom is 0.255 e. The SMILES string of the molecule is C=CC(=O)NCc1cc(-c2cncc(NC(C)c3cccc(NC(=O)c4ccc(C)cc4)c3)n2)ccc1O. The van der Waals surface area contributed by atoms with Gasteiger partial charge in [-0.1, -0.05) is 36.4 Å². The van der Waals surface area contributed by atoms with Crippen LogP contribution in [0.5, 0.6) is 5.75 Å². The minimum atomic E-state index is -0.325. The molecule has 192 valence electrons. The van der Waals surface area contributed by atoms with Gasteiger partial charge in [0, 0.05) is 28.9 Å². The molecule has 38 heavy (non-hydrogen) atoms. The van der Waals surface area contributed by atoms with Crippen LogP contribution in [0.25, 0.3) is 11.3 Å². The van der Waals surface area contributed by atoms with Crippen molar-refractivity contribution in [3.63, 3.8) is 0 Å². The normalized spacial score (nSPS) is 11.3. The van der Waals surface area contributed by atoms with Crippen molar-refractivity contribution >= 4 is 23.3 Å². The summed E-state index contributed by atoms with van der Waals surface area (Å²) < 4.78 is 0. The van der Waals surface area contributed by atoms with E-state index >= 15 is 0 Å². The molecule has 4 N–H and O–H groups in total. The highest BCUT2D eigenvalue weighted by Gasteiger charge is 2.12. The van der Waals surface area contributed by atoms with Crippen LogP contribution in [0, 0.1) is 6.92 Å². The fraction of sp³-hybridized carbons (Fsp3) is 0.133. The molecule has 8 nitrogen and oxygen atoms in total. The number of phenolic OH excluding ortho intramolecular Hbond substituents is 1. The Labute approximate surface area is 221 Å². The molecule has 0 spiro atoms. The van der Waals surface area contributed by atoms with Crippen LogP contribution in [0.3, 0.4) is 0 Å². The fourth-order valence-corrected chi connectivity index (χ4v) is 3.81. The highest BCUT2D eigenvalue weighted by molar-refractivity contribution is 6.04. The molecule has 3 aromatic carbocycles. The Hall–Kier alpha value is -4.98. The summed E-state index contributed by atoms with van der Waals surface area (Å²) in [7, 11) is 0. The van der Waals surface area contributed by atoms with Gasteiger partial charge in [0.05, 0.1) is 24.1 Å². The summed E-state index contributed by atoms with van der Waals surface area (Å²) >= 11 is 0. The summed E-state index contributed by atoms with van der Waals surface area (Å²) in [5.74, 6) is 0.147. The highest BCUT2D eigenvalue weighted by atomic mass is 16.3. The second-order valence-electron chi connectivity index (χ2n) is 8.87. The van der Waals surface area contributed by atoms with Crippen LogP contribution in [0.1, 0.15) is 40.0 Å². The molecule has 1 heterocycles. The molecule has 0 bridgehead atoms. The van der Waals surface area contributed by atoms with Crippen LogP contribution in [0.2, 0.25) is 0 Å². The Balaban J connectivity index is 1.46. The molecule has 2 amide bonds. The van der Waals surface area contributed by atoms with Gasteiger partial charge in [-0.3, -0.25) is 14.6 Å². The predicted octanol–water partition coefficient (Wildman–Crippen LogP) is 5.39. The molecular weight excluding hydrogens is 478 g/mol. The van der Waals surface area contributed by atoms with Crippen LogP contribution in [0.15, 0.2) is 91.8 Å². The van der Waals surface area contributed by atoms with Gasteiger partial charge in [-0.25, -0.2) is 4.98 Å². The van der Waals surface area contributed by atoms with Crippen molar-refractivity contribution in [1.29, 1.82) is 0 Å². The number of benzene rings is 3. The first-order valence-corrected chi connectivity index (χ1v) is 12.1. The molecule has 0 saturated heterocycles. The first-order chi connectivity index (χ1) is 18.3. The summed E-state index contributed by atoms with van der Waals surface area (Å²) in [6.45, 7) is 7.56. The Bertz CT molecular complexity index is 1470. The maximum atomic E-state index is 12.6. The van der Waals surface area contributed by atoms with Gasteiger partial charge in [0.15, 0.2) is 0 Å². The number of hydrogen-bond acceptors (Lipinski definition) is 6. The van der Waals surface area contributed by atoms with E-state index in [2.05, 4.69) is 32.5 Å². The maximum absolute atomic E-state index is 12.6. The monoisotopic (exact) mass is 507 g/mol. The minimum absolute atomic E-state index is 0.0725. The molecule has 0 aliphatic carbocycles. The van der Waals surface area contributed by atoms with Crippen molar-refractivity contribution in [3.05, 3.63) is 114 Å². The molecule has 0 aliphatic heterocycles. The van der Waals surface area contributed by atoms with E-state index in [1.54, 1.807) is 42.7 Å². The molecule has 0 fully saturated rings.